The van der Waals surface area contributed by atoms with Crippen LogP contribution in [0, 0.1) is 6.92 Å². The van der Waals surface area contributed by atoms with Gasteiger partial charge in [-0.25, -0.2) is 8.42 Å². The molecule has 1 aliphatic rings. The minimum Gasteiger partial charge on any atom is -0.313 e. The maximum Gasteiger partial charge on any atom is 0.243 e. The number of benzene rings is 1. The summed E-state index contributed by atoms with van der Waals surface area (Å²) >= 11 is 3.41. The van der Waals surface area contributed by atoms with Crippen molar-refractivity contribution in [2.24, 2.45) is 0 Å². The van der Waals surface area contributed by atoms with Gasteiger partial charge in [0.15, 0.2) is 0 Å². The van der Waals surface area contributed by atoms with E-state index in [4.69, 9.17) is 0 Å². The van der Waals surface area contributed by atoms with Crippen molar-refractivity contribution in [1.82, 2.24) is 9.62 Å². The maximum absolute atomic E-state index is 12.8. The quantitative estimate of drug-likeness (QED) is 0.861. The highest BCUT2D eigenvalue weighted by Crippen LogP contribution is 2.23. The molecule has 0 spiro atoms. The molecule has 2 rings (SSSR count). The predicted octanol–water partition coefficient (Wildman–Crippen LogP) is 2.91. The second kappa shape index (κ2) is 7.22. The number of likely N-dealkylation sites (N-methyl/N-ethyl adjacent to an activating group) is 1. The van der Waals surface area contributed by atoms with E-state index in [0.29, 0.717) is 18.0 Å². The van der Waals surface area contributed by atoms with Crippen molar-refractivity contribution in [2.45, 2.75) is 44.0 Å². The first-order chi connectivity index (χ1) is 9.95. The fourth-order valence-corrected chi connectivity index (χ4v) is 4.48. The van der Waals surface area contributed by atoms with Crippen LogP contribution in [0.5, 0.6) is 0 Å². The Morgan fingerprint density at radius 3 is 2.71 bits per heavy atom. The lowest BCUT2D eigenvalue weighted by Crippen LogP contribution is -2.45. The van der Waals surface area contributed by atoms with Crippen molar-refractivity contribution < 1.29 is 8.42 Å². The van der Waals surface area contributed by atoms with Gasteiger partial charge in [-0.15, -0.1) is 0 Å². The summed E-state index contributed by atoms with van der Waals surface area (Å²) in [6.07, 6.45) is 3.40. The summed E-state index contributed by atoms with van der Waals surface area (Å²) in [6, 6.07) is 5.47. The molecular formula is C15H23BrN2O2S. The van der Waals surface area contributed by atoms with Gasteiger partial charge in [-0.1, -0.05) is 29.3 Å². The van der Waals surface area contributed by atoms with E-state index >= 15 is 0 Å². The molecule has 118 valence electrons. The van der Waals surface area contributed by atoms with Gasteiger partial charge in [0.05, 0.1) is 4.90 Å². The molecule has 1 saturated heterocycles. The Bertz CT molecular complexity index is 583. The van der Waals surface area contributed by atoms with Crippen LogP contribution in [0.4, 0.5) is 0 Å². The van der Waals surface area contributed by atoms with Crippen LogP contribution in [-0.4, -0.2) is 38.4 Å². The first-order valence-electron chi connectivity index (χ1n) is 7.45. The molecule has 1 aromatic rings. The van der Waals surface area contributed by atoms with Gasteiger partial charge in [-0.05, 0) is 50.1 Å². The molecule has 0 aromatic heterocycles. The lowest BCUT2D eigenvalue weighted by atomic mass is 10.1. The molecule has 0 amide bonds. The molecule has 0 saturated carbocycles. The topological polar surface area (TPSA) is 49.4 Å². The average Bonchev–Trinajstić information content (AvgIpc) is 2.48. The number of aryl methyl sites for hydroxylation is 1. The van der Waals surface area contributed by atoms with Crippen molar-refractivity contribution in [3.63, 3.8) is 0 Å². The molecule has 1 aromatic carbocycles. The second-order valence-electron chi connectivity index (χ2n) is 5.51. The monoisotopic (exact) mass is 374 g/mol. The van der Waals surface area contributed by atoms with Gasteiger partial charge < -0.3 is 5.32 Å². The average molecular weight is 375 g/mol. The first-order valence-corrected chi connectivity index (χ1v) is 9.68. The molecule has 4 nitrogen and oxygen atoms in total. The SMILES string of the molecule is CCN(CC1CCCCN1)S(=O)(=O)c1ccc(Br)c(C)c1. The summed E-state index contributed by atoms with van der Waals surface area (Å²) < 4.78 is 28.1. The molecule has 0 radical (unpaired) electrons. The summed E-state index contributed by atoms with van der Waals surface area (Å²) in [7, 11) is -3.42. The van der Waals surface area contributed by atoms with E-state index in [1.165, 1.54) is 12.8 Å². The van der Waals surface area contributed by atoms with Crippen LogP contribution in [0.25, 0.3) is 0 Å². The molecule has 1 unspecified atom stereocenters. The number of nitrogens with one attached hydrogen (secondary N) is 1. The molecule has 21 heavy (non-hydrogen) atoms. The Morgan fingerprint density at radius 2 is 2.14 bits per heavy atom. The van der Waals surface area contributed by atoms with Crippen LogP contribution in [0.2, 0.25) is 0 Å². The maximum atomic E-state index is 12.8. The molecule has 1 atom stereocenters. The normalized spacial score (nSPS) is 19.9. The highest BCUT2D eigenvalue weighted by molar-refractivity contribution is 9.10. The molecule has 1 fully saturated rings. The van der Waals surface area contributed by atoms with E-state index in [2.05, 4.69) is 21.2 Å². The predicted molar refractivity (Wildman–Crippen MR) is 89.0 cm³/mol. The minimum atomic E-state index is -3.42. The number of hydrogen-bond donors (Lipinski definition) is 1. The summed E-state index contributed by atoms with van der Waals surface area (Å²) in [5, 5.41) is 3.41. The Hall–Kier alpha value is -0.430. The minimum absolute atomic E-state index is 0.269. The third kappa shape index (κ3) is 4.06. The van der Waals surface area contributed by atoms with E-state index < -0.39 is 10.0 Å². The molecule has 1 heterocycles. The van der Waals surface area contributed by atoms with E-state index in [1.54, 1.807) is 22.5 Å². The number of hydrogen-bond acceptors (Lipinski definition) is 3. The van der Waals surface area contributed by atoms with Crippen LogP contribution in [-0.2, 0) is 10.0 Å². The van der Waals surface area contributed by atoms with Crippen LogP contribution in [0.15, 0.2) is 27.6 Å². The number of sulfonamides is 1. The van der Waals surface area contributed by atoms with Crippen LogP contribution in [0.1, 0.15) is 31.7 Å². The van der Waals surface area contributed by atoms with Gasteiger partial charge >= 0.3 is 0 Å². The third-order valence-electron chi connectivity index (χ3n) is 3.96. The van der Waals surface area contributed by atoms with Crippen molar-refractivity contribution in [1.29, 1.82) is 0 Å². The lowest BCUT2D eigenvalue weighted by molar-refractivity contribution is 0.319. The number of rotatable bonds is 5. The number of piperidine rings is 1. The highest BCUT2D eigenvalue weighted by atomic mass is 79.9. The van der Waals surface area contributed by atoms with Crippen molar-refractivity contribution in [3.05, 3.63) is 28.2 Å². The Balaban J connectivity index is 2.19. The van der Waals surface area contributed by atoms with Gasteiger partial charge in [-0.3, -0.25) is 0 Å². The zero-order chi connectivity index (χ0) is 15.5. The number of nitrogens with zero attached hydrogens (tertiary/aromatic N) is 1. The van der Waals surface area contributed by atoms with E-state index in [-0.39, 0.29) is 6.04 Å². The van der Waals surface area contributed by atoms with Gasteiger partial charge in [0, 0.05) is 23.6 Å². The Kier molecular flexibility index (Phi) is 5.82. The van der Waals surface area contributed by atoms with Gasteiger partial charge in [0.25, 0.3) is 0 Å². The molecule has 0 bridgehead atoms. The standard InChI is InChI=1S/C15H23BrN2O2S/c1-3-18(11-13-6-4-5-9-17-13)21(19,20)14-7-8-15(16)12(2)10-14/h7-8,10,13,17H,3-6,9,11H2,1-2H3. The summed E-state index contributed by atoms with van der Waals surface area (Å²) in [5.74, 6) is 0. The van der Waals surface area contributed by atoms with Gasteiger partial charge in [0.2, 0.25) is 10.0 Å². The van der Waals surface area contributed by atoms with Crippen molar-refractivity contribution >= 4 is 26.0 Å². The first kappa shape index (κ1) is 16.9. The van der Waals surface area contributed by atoms with Crippen LogP contribution >= 0.6 is 15.9 Å². The third-order valence-corrected chi connectivity index (χ3v) is 6.78. The second-order valence-corrected chi connectivity index (χ2v) is 8.31. The largest absolute Gasteiger partial charge is 0.313 e. The number of halogens is 1. The van der Waals surface area contributed by atoms with Crippen LogP contribution < -0.4 is 5.32 Å². The van der Waals surface area contributed by atoms with E-state index in [1.807, 2.05) is 13.8 Å². The van der Waals surface area contributed by atoms with Crippen molar-refractivity contribution in [2.75, 3.05) is 19.6 Å². The molecule has 1 aliphatic heterocycles. The summed E-state index contributed by atoms with van der Waals surface area (Å²) in [6.45, 7) is 5.83. The van der Waals surface area contributed by atoms with Gasteiger partial charge in [-0.2, -0.15) is 4.31 Å². The van der Waals surface area contributed by atoms with Gasteiger partial charge in [0.1, 0.15) is 0 Å². The van der Waals surface area contributed by atoms with E-state index in [0.717, 1.165) is 23.0 Å². The Labute approximate surface area is 136 Å². The molecule has 1 N–H and O–H groups in total. The van der Waals surface area contributed by atoms with Crippen molar-refractivity contribution in [3.8, 4) is 0 Å². The molecule has 6 heteroatoms. The fourth-order valence-electron chi connectivity index (χ4n) is 2.65. The van der Waals surface area contributed by atoms with Crippen LogP contribution in [0.3, 0.4) is 0 Å². The Morgan fingerprint density at radius 1 is 1.38 bits per heavy atom. The van der Waals surface area contributed by atoms with E-state index in [9.17, 15) is 8.42 Å². The molecule has 0 aliphatic carbocycles. The zero-order valence-electron chi connectivity index (χ0n) is 12.6. The highest BCUT2D eigenvalue weighted by Gasteiger charge is 2.26. The smallest absolute Gasteiger partial charge is 0.243 e. The fraction of sp³-hybridized carbons (Fsp3) is 0.600. The lowest BCUT2D eigenvalue weighted by Gasteiger charge is -2.29. The summed E-state index contributed by atoms with van der Waals surface area (Å²) in [4.78, 5) is 0.376. The molecular weight excluding hydrogens is 352 g/mol. The zero-order valence-corrected chi connectivity index (χ0v) is 15.0. The summed E-state index contributed by atoms with van der Waals surface area (Å²) in [5.41, 5.74) is 0.933.